The molecule has 322 valence electrons. The summed E-state index contributed by atoms with van der Waals surface area (Å²) in [6.07, 6.45) is 3.08. The van der Waals surface area contributed by atoms with Crippen molar-refractivity contribution in [3.05, 3.63) is 165 Å². The molecule has 21 heteroatoms. The van der Waals surface area contributed by atoms with Crippen molar-refractivity contribution in [2.45, 2.75) is 0 Å². The SMILES string of the molecule is O=C(c1ccccn1)n1c2ccc1c(-c1c(F)c(F)c(F)c(F)c1F)c1ccc([nH]1)c(-c1c(F)c(F)c(F)c(F)c1F)c1ccc([nH]1)c(-c1c(F)c(F)c(F)c(F)c1F)c1nc2C=C1. The first-order chi connectivity index (χ1) is 30.4. The molecule has 9 rings (SSSR count). The molecule has 0 amide bonds. The number of pyridine rings is 1. The Balaban J connectivity index is 1.60. The first-order valence-electron chi connectivity index (χ1n) is 17.8. The summed E-state index contributed by atoms with van der Waals surface area (Å²) in [7, 11) is 0. The van der Waals surface area contributed by atoms with Gasteiger partial charge in [0.25, 0.3) is 5.91 Å². The monoisotopic (exact) mass is 901 g/mol. The number of hydrogen-bond acceptors (Lipinski definition) is 3. The minimum atomic E-state index is -2.63. The van der Waals surface area contributed by atoms with E-state index in [0.29, 0.717) is 4.57 Å². The lowest BCUT2D eigenvalue weighted by molar-refractivity contribution is 0.0964. The average Bonchev–Trinajstić information content (AvgIpc) is 4.14. The fraction of sp³-hybridized carbons (Fsp3) is 0. The van der Waals surface area contributed by atoms with Gasteiger partial charge in [0.1, 0.15) is 5.69 Å². The first kappa shape index (κ1) is 41.5. The zero-order valence-electron chi connectivity index (χ0n) is 30.8. The van der Waals surface area contributed by atoms with Crippen LogP contribution in [0.1, 0.15) is 21.9 Å². The molecule has 3 aromatic carbocycles. The van der Waals surface area contributed by atoms with Gasteiger partial charge in [-0.15, -0.1) is 0 Å². The Hall–Kier alpha value is -7.84. The van der Waals surface area contributed by atoms with Gasteiger partial charge in [-0.05, 0) is 60.7 Å². The van der Waals surface area contributed by atoms with E-state index in [1.54, 1.807) is 0 Å². The van der Waals surface area contributed by atoms with Crippen LogP contribution in [0.15, 0.2) is 60.8 Å². The van der Waals surface area contributed by atoms with E-state index in [1.807, 2.05) is 0 Å². The summed E-state index contributed by atoms with van der Waals surface area (Å²) in [4.78, 5) is 27.5. The molecule has 0 aliphatic carbocycles. The lowest BCUT2D eigenvalue weighted by Gasteiger charge is -2.12. The van der Waals surface area contributed by atoms with Crippen molar-refractivity contribution in [1.29, 1.82) is 0 Å². The standard InChI is InChI=1S/C43H14F15N5O/c44-28-25(29(45)35(51)40(56)34(28)50)22-14-5-4-13(60-14)20-10-11-21(63(20)43(64)19-3-1-2-12-59-19)24(27-32(48)38(54)42(58)39(55)33(27)49)18-9-8-17(62-18)23(16-7-6-15(22)61-16)26-30(46)36(52)41(57)37(53)31(26)47/h1-12,61-62H. The molecule has 0 saturated heterocycles. The number of carbonyl (C=O) groups excluding carboxylic acids is 1. The van der Waals surface area contributed by atoms with E-state index >= 15 is 35.1 Å². The van der Waals surface area contributed by atoms with Gasteiger partial charge in [0.2, 0.25) is 17.5 Å². The summed E-state index contributed by atoms with van der Waals surface area (Å²) >= 11 is 0. The van der Waals surface area contributed by atoms with Gasteiger partial charge in [-0.25, -0.2) is 70.8 Å². The summed E-state index contributed by atoms with van der Waals surface area (Å²) in [5.74, 6) is -38.7. The molecule has 8 bridgehead atoms. The Kier molecular flexibility index (Phi) is 9.67. The molecule has 0 atom stereocenters. The summed E-state index contributed by atoms with van der Waals surface area (Å²) in [5, 5.41) is 0. The predicted octanol–water partition coefficient (Wildman–Crippen LogP) is 12.3. The zero-order valence-corrected chi connectivity index (χ0v) is 30.8. The van der Waals surface area contributed by atoms with Crippen LogP contribution in [0.3, 0.4) is 0 Å². The molecule has 0 radical (unpaired) electrons. The van der Waals surface area contributed by atoms with Crippen LogP contribution in [0.5, 0.6) is 0 Å². The van der Waals surface area contributed by atoms with E-state index in [0.717, 1.165) is 60.8 Å². The number of halogens is 15. The van der Waals surface area contributed by atoms with E-state index in [4.69, 9.17) is 0 Å². The Labute approximate surface area is 344 Å². The van der Waals surface area contributed by atoms with Crippen molar-refractivity contribution in [3.8, 4) is 33.4 Å². The average molecular weight is 902 g/mol. The third-order valence-electron chi connectivity index (χ3n) is 10.2. The maximum atomic E-state index is 16.0. The number of H-pyrrole nitrogens is 2. The van der Waals surface area contributed by atoms with E-state index in [-0.39, 0.29) is 0 Å². The molecule has 0 unspecified atom stereocenters. The smallest absolute Gasteiger partial charge is 0.281 e. The van der Waals surface area contributed by atoms with Crippen LogP contribution in [-0.4, -0.2) is 30.4 Å². The maximum absolute atomic E-state index is 16.0. The Morgan fingerprint density at radius 1 is 0.391 bits per heavy atom. The number of hydrogen-bond donors (Lipinski definition) is 2. The van der Waals surface area contributed by atoms with Gasteiger partial charge in [-0.1, -0.05) is 6.07 Å². The molecule has 0 spiro atoms. The highest BCUT2D eigenvalue weighted by atomic mass is 19.2. The Bertz CT molecular complexity index is 3450. The molecule has 6 heterocycles. The third kappa shape index (κ3) is 5.97. The molecule has 5 aromatic heterocycles. The van der Waals surface area contributed by atoms with Crippen LogP contribution in [0.25, 0.3) is 78.6 Å². The molecular formula is C43H14F15N5O. The van der Waals surface area contributed by atoms with E-state index in [9.17, 15) is 35.5 Å². The number of fused-ring (bicyclic) bond motifs is 9. The number of rotatable bonds is 4. The quantitative estimate of drug-likeness (QED) is 0.105. The van der Waals surface area contributed by atoms with Gasteiger partial charge >= 0.3 is 0 Å². The number of aromatic nitrogens is 5. The Morgan fingerprint density at radius 3 is 1.22 bits per heavy atom. The second-order valence-electron chi connectivity index (χ2n) is 13.7. The van der Waals surface area contributed by atoms with Gasteiger partial charge in [-0.2, -0.15) is 0 Å². The highest BCUT2D eigenvalue weighted by Gasteiger charge is 2.33. The topological polar surface area (TPSA) is 79.4 Å². The van der Waals surface area contributed by atoms with Gasteiger partial charge in [-0.3, -0.25) is 14.3 Å². The van der Waals surface area contributed by atoms with Gasteiger partial charge in [0.05, 0.1) is 39.1 Å². The molecule has 0 saturated carbocycles. The van der Waals surface area contributed by atoms with Gasteiger partial charge < -0.3 is 9.97 Å². The van der Waals surface area contributed by atoms with Gasteiger partial charge in [0, 0.05) is 45.0 Å². The fourth-order valence-corrected chi connectivity index (χ4v) is 7.36. The molecule has 6 nitrogen and oxygen atoms in total. The second-order valence-corrected chi connectivity index (χ2v) is 13.7. The van der Waals surface area contributed by atoms with E-state index in [2.05, 4.69) is 19.9 Å². The largest absolute Gasteiger partial charge is 0.354 e. The summed E-state index contributed by atoms with van der Waals surface area (Å²) in [6.45, 7) is 0. The predicted molar refractivity (Wildman–Crippen MR) is 198 cm³/mol. The van der Waals surface area contributed by atoms with E-state index in [1.165, 1.54) is 12.1 Å². The minimum Gasteiger partial charge on any atom is -0.354 e. The van der Waals surface area contributed by atoms with Crippen molar-refractivity contribution in [3.63, 3.8) is 0 Å². The van der Waals surface area contributed by atoms with Crippen LogP contribution in [-0.2, 0) is 0 Å². The fourth-order valence-electron chi connectivity index (χ4n) is 7.36. The van der Waals surface area contributed by atoms with Crippen LogP contribution >= 0.6 is 0 Å². The van der Waals surface area contributed by atoms with Gasteiger partial charge in [0.15, 0.2) is 69.8 Å². The lowest BCUT2D eigenvalue weighted by Crippen LogP contribution is -2.14. The number of benzene rings is 3. The first-order valence-corrected chi connectivity index (χ1v) is 17.8. The lowest BCUT2D eigenvalue weighted by atomic mass is 10.0. The van der Waals surface area contributed by atoms with Crippen molar-refractivity contribution in [2.24, 2.45) is 0 Å². The number of nitrogens with zero attached hydrogens (tertiary/aromatic N) is 3. The van der Waals surface area contributed by atoms with Crippen molar-refractivity contribution >= 4 is 51.2 Å². The highest BCUT2D eigenvalue weighted by Crippen LogP contribution is 2.43. The van der Waals surface area contributed by atoms with Crippen LogP contribution in [0.4, 0.5) is 65.9 Å². The molecule has 8 aromatic rings. The third-order valence-corrected chi connectivity index (χ3v) is 10.2. The van der Waals surface area contributed by atoms with Crippen LogP contribution in [0.2, 0.25) is 0 Å². The number of nitrogens with one attached hydrogen (secondary N) is 2. The minimum absolute atomic E-state index is 0.411. The summed E-state index contributed by atoms with van der Waals surface area (Å²) in [6, 6.07) is 8.97. The molecular weight excluding hydrogens is 887 g/mol. The van der Waals surface area contributed by atoms with Crippen molar-refractivity contribution in [1.82, 2.24) is 24.5 Å². The molecule has 1 aliphatic rings. The molecule has 1 aliphatic heterocycles. The van der Waals surface area contributed by atoms with Crippen LogP contribution in [0, 0.1) is 87.3 Å². The molecule has 0 fully saturated rings. The highest BCUT2D eigenvalue weighted by molar-refractivity contribution is 6.08. The second kappa shape index (κ2) is 14.9. The maximum Gasteiger partial charge on any atom is 0.281 e. The summed E-state index contributed by atoms with van der Waals surface area (Å²) in [5.41, 5.74) is -13.9. The summed E-state index contributed by atoms with van der Waals surface area (Å²) < 4.78 is 229. The number of carbonyl (C=O) groups is 1. The number of aromatic amines is 2. The molecule has 64 heavy (non-hydrogen) atoms. The van der Waals surface area contributed by atoms with E-state index < -0.39 is 177 Å². The van der Waals surface area contributed by atoms with Crippen molar-refractivity contribution in [2.75, 3.05) is 0 Å². The zero-order chi connectivity index (χ0) is 45.8. The normalized spacial score (nSPS) is 12.0. The molecule has 2 N–H and O–H groups in total. The van der Waals surface area contributed by atoms with Crippen LogP contribution < -0.4 is 0 Å². The Morgan fingerprint density at radius 2 is 0.766 bits per heavy atom. The van der Waals surface area contributed by atoms with Crippen molar-refractivity contribution < 1.29 is 70.7 Å².